The fourth-order valence-corrected chi connectivity index (χ4v) is 2.55. The molecule has 18 heavy (non-hydrogen) atoms. The van der Waals surface area contributed by atoms with Crippen LogP contribution in [0.15, 0.2) is 30.3 Å². The molecule has 1 N–H and O–H groups in total. The maximum absolute atomic E-state index is 6.18. The predicted octanol–water partition coefficient (Wildman–Crippen LogP) is 3.40. The van der Waals surface area contributed by atoms with Crippen molar-refractivity contribution in [2.75, 3.05) is 6.61 Å². The fourth-order valence-electron chi connectivity index (χ4n) is 2.55. The lowest BCUT2D eigenvalue weighted by Crippen LogP contribution is -2.44. The maximum atomic E-state index is 6.18. The Morgan fingerprint density at radius 3 is 2.44 bits per heavy atom. The standard InChI is InChI=1S/C16H25NO/c1-11(2)15-16(14-8-6-5-7-9-14)18-10-12(3)13(4)17-15/h5-9,11-13,15-17H,10H2,1-4H3. The first-order valence-corrected chi connectivity index (χ1v) is 7.02. The smallest absolute Gasteiger partial charge is 0.0980 e. The minimum Gasteiger partial charge on any atom is -0.372 e. The molecule has 0 amide bonds. The van der Waals surface area contributed by atoms with E-state index < -0.39 is 0 Å². The Bertz CT molecular complexity index is 363. The first kappa shape index (κ1) is 13.6. The van der Waals surface area contributed by atoms with Crippen LogP contribution < -0.4 is 5.32 Å². The quantitative estimate of drug-likeness (QED) is 0.865. The number of nitrogens with one attached hydrogen (secondary N) is 1. The van der Waals surface area contributed by atoms with E-state index in [4.69, 9.17) is 4.74 Å². The van der Waals surface area contributed by atoms with E-state index in [-0.39, 0.29) is 6.10 Å². The Morgan fingerprint density at radius 1 is 1.17 bits per heavy atom. The molecular formula is C16H25NO. The molecular weight excluding hydrogens is 222 g/mol. The van der Waals surface area contributed by atoms with Gasteiger partial charge in [0.2, 0.25) is 0 Å². The minimum atomic E-state index is 0.165. The molecule has 1 aromatic rings. The number of benzene rings is 1. The second-order valence-corrected chi connectivity index (χ2v) is 5.87. The van der Waals surface area contributed by atoms with Crippen molar-refractivity contribution in [3.8, 4) is 0 Å². The molecule has 2 nitrogen and oxygen atoms in total. The highest BCUT2D eigenvalue weighted by atomic mass is 16.5. The molecule has 0 saturated carbocycles. The van der Waals surface area contributed by atoms with Crippen LogP contribution >= 0.6 is 0 Å². The molecule has 1 aromatic carbocycles. The third-order valence-corrected chi connectivity index (χ3v) is 4.02. The summed E-state index contributed by atoms with van der Waals surface area (Å²) in [5, 5.41) is 3.75. The van der Waals surface area contributed by atoms with Gasteiger partial charge in [0.05, 0.1) is 12.7 Å². The molecule has 4 unspecified atom stereocenters. The first-order valence-electron chi connectivity index (χ1n) is 7.02. The molecule has 0 radical (unpaired) electrons. The van der Waals surface area contributed by atoms with Crippen molar-refractivity contribution in [2.24, 2.45) is 11.8 Å². The van der Waals surface area contributed by atoms with E-state index >= 15 is 0 Å². The fraction of sp³-hybridized carbons (Fsp3) is 0.625. The number of hydrogen-bond acceptors (Lipinski definition) is 2. The highest BCUT2D eigenvalue weighted by molar-refractivity contribution is 5.20. The van der Waals surface area contributed by atoms with Crippen LogP contribution in [0.1, 0.15) is 39.4 Å². The van der Waals surface area contributed by atoms with Gasteiger partial charge in [-0.1, -0.05) is 51.1 Å². The summed E-state index contributed by atoms with van der Waals surface area (Å²) in [6, 6.07) is 11.5. The predicted molar refractivity (Wildman–Crippen MR) is 75.5 cm³/mol. The largest absolute Gasteiger partial charge is 0.372 e. The molecule has 2 heteroatoms. The summed E-state index contributed by atoms with van der Waals surface area (Å²) in [6.45, 7) is 9.87. The Balaban J connectivity index is 2.25. The van der Waals surface area contributed by atoms with Gasteiger partial charge < -0.3 is 10.1 Å². The van der Waals surface area contributed by atoms with Gasteiger partial charge in [0.25, 0.3) is 0 Å². The van der Waals surface area contributed by atoms with E-state index in [1.807, 2.05) is 0 Å². The van der Waals surface area contributed by atoms with E-state index in [2.05, 4.69) is 63.3 Å². The van der Waals surface area contributed by atoms with Crippen LogP contribution in [0.4, 0.5) is 0 Å². The third kappa shape index (κ3) is 2.93. The van der Waals surface area contributed by atoms with Gasteiger partial charge in [-0.25, -0.2) is 0 Å². The summed E-state index contributed by atoms with van der Waals surface area (Å²) in [5.41, 5.74) is 1.28. The van der Waals surface area contributed by atoms with Gasteiger partial charge in [0, 0.05) is 12.1 Å². The highest BCUT2D eigenvalue weighted by Gasteiger charge is 2.32. The normalized spacial score (nSPS) is 33.4. The molecule has 0 spiro atoms. The molecule has 1 heterocycles. The van der Waals surface area contributed by atoms with Crippen molar-refractivity contribution >= 4 is 0 Å². The summed E-state index contributed by atoms with van der Waals surface area (Å²) in [4.78, 5) is 0. The molecule has 0 bridgehead atoms. The molecule has 1 fully saturated rings. The summed E-state index contributed by atoms with van der Waals surface area (Å²) in [5.74, 6) is 1.11. The van der Waals surface area contributed by atoms with Gasteiger partial charge >= 0.3 is 0 Å². The van der Waals surface area contributed by atoms with Gasteiger partial charge in [-0.3, -0.25) is 0 Å². The monoisotopic (exact) mass is 247 g/mol. The van der Waals surface area contributed by atoms with E-state index in [0.717, 1.165) is 6.61 Å². The zero-order valence-corrected chi connectivity index (χ0v) is 11.9. The third-order valence-electron chi connectivity index (χ3n) is 4.02. The van der Waals surface area contributed by atoms with Crippen molar-refractivity contribution in [3.05, 3.63) is 35.9 Å². The van der Waals surface area contributed by atoms with Crippen LogP contribution in [0.5, 0.6) is 0 Å². The zero-order valence-electron chi connectivity index (χ0n) is 11.9. The van der Waals surface area contributed by atoms with Crippen LogP contribution in [-0.4, -0.2) is 18.7 Å². The van der Waals surface area contributed by atoms with E-state index in [9.17, 15) is 0 Å². The lowest BCUT2D eigenvalue weighted by atomic mass is 9.92. The van der Waals surface area contributed by atoms with Crippen LogP contribution in [0, 0.1) is 11.8 Å². The molecule has 1 aliphatic heterocycles. The van der Waals surface area contributed by atoms with Crippen LogP contribution in [0.2, 0.25) is 0 Å². The van der Waals surface area contributed by atoms with Crippen molar-refractivity contribution in [1.82, 2.24) is 5.32 Å². The van der Waals surface area contributed by atoms with Gasteiger partial charge in [-0.15, -0.1) is 0 Å². The Hall–Kier alpha value is -0.860. The van der Waals surface area contributed by atoms with E-state index in [1.165, 1.54) is 5.56 Å². The SMILES string of the molecule is CC(C)C1NC(C)C(C)COC1c1ccccc1. The van der Waals surface area contributed by atoms with Gasteiger partial charge in [0.15, 0.2) is 0 Å². The first-order chi connectivity index (χ1) is 8.59. The lowest BCUT2D eigenvalue weighted by Gasteiger charge is -2.30. The average molecular weight is 247 g/mol. The number of ether oxygens (including phenoxy) is 1. The van der Waals surface area contributed by atoms with E-state index in [1.54, 1.807) is 0 Å². The molecule has 1 aliphatic rings. The Kier molecular flexibility index (Phi) is 4.41. The topological polar surface area (TPSA) is 21.3 Å². The summed E-state index contributed by atoms with van der Waals surface area (Å²) < 4.78 is 6.18. The van der Waals surface area contributed by atoms with Gasteiger partial charge in [-0.2, -0.15) is 0 Å². The second-order valence-electron chi connectivity index (χ2n) is 5.87. The zero-order chi connectivity index (χ0) is 13.1. The second kappa shape index (κ2) is 5.85. The minimum absolute atomic E-state index is 0.165. The summed E-state index contributed by atoms with van der Waals surface area (Å²) in [6.07, 6.45) is 0.165. The maximum Gasteiger partial charge on any atom is 0.0980 e. The van der Waals surface area contributed by atoms with Crippen LogP contribution in [-0.2, 0) is 4.74 Å². The van der Waals surface area contributed by atoms with Crippen molar-refractivity contribution in [1.29, 1.82) is 0 Å². The van der Waals surface area contributed by atoms with Gasteiger partial charge in [-0.05, 0) is 24.3 Å². The lowest BCUT2D eigenvalue weighted by molar-refractivity contribution is 0.0200. The summed E-state index contributed by atoms with van der Waals surface area (Å²) >= 11 is 0. The molecule has 1 saturated heterocycles. The molecule has 4 atom stereocenters. The Labute approximate surface area is 111 Å². The molecule has 2 rings (SSSR count). The number of rotatable bonds is 2. The van der Waals surface area contributed by atoms with E-state index in [0.29, 0.717) is 23.9 Å². The number of hydrogen-bond donors (Lipinski definition) is 1. The summed E-state index contributed by atoms with van der Waals surface area (Å²) in [7, 11) is 0. The van der Waals surface area contributed by atoms with Crippen molar-refractivity contribution in [2.45, 2.75) is 45.9 Å². The van der Waals surface area contributed by atoms with Crippen molar-refractivity contribution < 1.29 is 4.74 Å². The molecule has 100 valence electrons. The van der Waals surface area contributed by atoms with Gasteiger partial charge in [0.1, 0.15) is 0 Å². The van der Waals surface area contributed by atoms with Crippen LogP contribution in [0.3, 0.4) is 0 Å². The molecule has 0 aromatic heterocycles. The van der Waals surface area contributed by atoms with Crippen molar-refractivity contribution in [3.63, 3.8) is 0 Å². The highest BCUT2D eigenvalue weighted by Crippen LogP contribution is 2.30. The molecule has 0 aliphatic carbocycles. The van der Waals surface area contributed by atoms with Crippen LogP contribution in [0.25, 0.3) is 0 Å². The Morgan fingerprint density at radius 2 is 1.83 bits per heavy atom. The average Bonchev–Trinajstić information content (AvgIpc) is 2.51.